The number of nitrogens with one attached hydrogen (secondary N) is 2. The number of aryl methyl sites for hydroxylation is 1. The van der Waals surface area contributed by atoms with Crippen LogP contribution in [-0.2, 0) is 11.3 Å². The van der Waals surface area contributed by atoms with Gasteiger partial charge in [0, 0.05) is 17.6 Å². The average Bonchev–Trinajstić information content (AvgIpc) is 2.89. The highest BCUT2D eigenvalue weighted by Crippen LogP contribution is 2.31. The Morgan fingerprint density at radius 1 is 1.50 bits per heavy atom. The van der Waals surface area contributed by atoms with Crippen LogP contribution in [0.3, 0.4) is 0 Å². The number of anilines is 1. The minimum absolute atomic E-state index is 0.124. The molecule has 130 valence electrons. The minimum Gasteiger partial charge on any atom is -0.495 e. The summed E-state index contributed by atoms with van der Waals surface area (Å²) >= 11 is 7.25. The van der Waals surface area contributed by atoms with E-state index in [0.717, 1.165) is 12.0 Å². The number of thioether (sulfide) groups is 1. The van der Waals surface area contributed by atoms with Crippen molar-refractivity contribution >= 4 is 35.0 Å². The van der Waals surface area contributed by atoms with E-state index in [-0.39, 0.29) is 17.3 Å². The van der Waals surface area contributed by atoms with Crippen molar-refractivity contribution in [2.45, 2.75) is 32.0 Å². The first-order valence-electron chi connectivity index (χ1n) is 7.38. The van der Waals surface area contributed by atoms with Crippen LogP contribution < -0.4 is 15.7 Å². The summed E-state index contributed by atoms with van der Waals surface area (Å²) in [7, 11) is 1.51. The van der Waals surface area contributed by atoms with Gasteiger partial charge in [0.2, 0.25) is 5.91 Å². The van der Waals surface area contributed by atoms with Gasteiger partial charge in [0.05, 0.1) is 18.6 Å². The third kappa shape index (κ3) is 4.33. The van der Waals surface area contributed by atoms with Gasteiger partial charge in [-0.15, -0.1) is 5.10 Å². The number of hydrogen-bond donors (Lipinski definition) is 2. The number of amides is 1. The van der Waals surface area contributed by atoms with Crippen molar-refractivity contribution in [2.75, 3.05) is 18.2 Å². The van der Waals surface area contributed by atoms with E-state index < -0.39 is 0 Å². The third-order valence-corrected chi connectivity index (χ3v) is 4.64. The van der Waals surface area contributed by atoms with Gasteiger partial charge in [-0.25, -0.2) is 9.89 Å². The summed E-state index contributed by atoms with van der Waals surface area (Å²) < 4.78 is 6.75. The van der Waals surface area contributed by atoms with Gasteiger partial charge in [-0.1, -0.05) is 30.3 Å². The fourth-order valence-electron chi connectivity index (χ4n) is 2.08. The zero-order valence-corrected chi connectivity index (χ0v) is 15.3. The maximum absolute atomic E-state index is 12.2. The summed E-state index contributed by atoms with van der Waals surface area (Å²) in [5.41, 5.74) is 1.12. The molecule has 0 aliphatic carbocycles. The summed E-state index contributed by atoms with van der Waals surface area (Å²) in [5.74, 6) is 0.392. The highest BCUT2D eigenvalue weighted by atomic mass is 35.5. The first kappa shape index (κ1) is 18.4. The molecule has 0 bridgehead atoms. The Hall–Kier alpha value is -1.93. The van der Waals surface area contributed by atoms with Gasteiger partial charge in [0.1, 0.15) is 5.75 Å². The smallest absolute Gasteiger partial charge is 0.343 e. The first-order chi connectivity index (χ1) is 11.5. The molecule has 0 aliphatic heterocycles. The Labute approximate surface area is 148 Å². The fourth-order valence-corrected chi connectivity index (χ4v) is 3.01. The van der Waals surface area contributed by atoms with Gasteiger partial charge >= 0.3 is 5.69 Å². The number of halogens is 1. The van der Waals surface area contributed by atoms with E-state index in [4.69, 9.17) is 16.3 Å². The number of benzene rings is 1. The molecule has 9 heteroatoms. The largest absolute Gasteiger partial charge is 0.495 e. The number of aromatic nitrogens is 3. The highest BCUT2D eigenvalue weighted by molar-refractivity contribution is 7.99. The predicted molar refractivity (Wildman–Crippen MR) is 95.2 cm³/mol. The van der Waals surface area contributed by atoms with E-state index in [9.17, 15) is 9.59 Å². The van der Waals surface area contributed by atoms with Gasteiger partial charge in [-0.05, 0) is 25.0 Å². The summed E-state index contributed by atoms with van der Waals surface area (Å²) in [6.45, 7) is 4.37. The summed E-state index contributed by atoms with van der Waals surface area (Å²) in [6, 6.07) is 3.41. The number of ether oxygens (including phenoxy) is 1. The molecular formula is C15H19ClN4O3S. The van der Waals surface area contributed by atoms with E-state index >= 15 is 0 Å². The Bertz CT molecular complexity index is 788. The molecule has 1 aromatic carbocycles. The maximum Gasteiger partial charge on any atom is 0.343 e. The Morgan fingerprint density at radius 3 is 2.92 bits per heavy atom. The zero-order chi connectivity index (χ0) is 17.7. The van der Waals surface area contributed by atoms with Crippen molar-refractivity contribution < 1.29 is 9.53 Å². The summed E-state index contributed by atoms with van der Waals surface area (Å²) in [4.78, 5) is 23.8. The van der Waals surface area contributed by atoms with Crippen molar-refractivity contribution in [3.8, 4) is 5.75 Å². The lowest BCUT2D eigenvalue weighted by molar-refractivity contribution is -0.113. The highest BCUT2D eigenvalue weighted by Gasteiger charge is 2.13. The maximum atomic E-state index is 12.2. The Kier molecular flexibility index (Phi) is 6.33. The Balaban J connectivity index is 2.04. The number of carbonyl (C=O) groups is 1. The molecule has 24 heavy (non-hydrogen) atoms. The van der Waals surface area contributed by atoms with Gasteiger partial charge in [0.25, 0.3) is 0 Å². The number of nitrogens with zero attached hydrogens (tertiary/aromatic N) is 2. The number of rotatable bonds is 7. The monoisotopic (exact) mass is 370 g/mol. The summed E-state index contributed by atoms with van der Waals surface area (Å²) in [5, 5.41) is 10.2. The molecule has 2 N–H and O–H groups in total. The first-order valence-corrected chi connectivity index (χ1v) is 8.74. The molecule has 0 aliphatic rings. The number of carbonyl (C=O) groups excluding carboxylic acids is 1. The molecule has 0 unspecified atom stereocenters. The van der Waals surface area contributed by atoms with E-state index in [2.05, 4.69) is 15.5 Å². The molecule has 0 spiro atoms. The van der Waals surface area contributed by atoms with Crippen LogP contribution in [0.5, 0.6) is 5.75 Å². The van der Waals surface area contributed by atoms with Crippen molar-refractivity contribution in [3.63, 3.8) is 0 Å². The standard InChI is InChI=1S/C15H19ClN4O3S/c1-4-5-20-14(22)18-19-15(20)24-8-13(21)17-11-6-9(2)10(16)7-12(11)23-3/h6-7H,4-5,8H2,1-3H3,(H,17,21)(H,18,22). The molecule has 7 nitrogen and oxygen atoms in total. The van der Waals surface area contributed by atoms with Crippen LogP contribution >= 0.6 is 23.4 Å². The van der Waals surface area contributed by atoms with Crippen LogP contribution in [0.4, 0.5) is 5.69 Å². The van der Waals surface area contributed by atoms with Crippen molar-refractivity contribution in [2.24, 2.45) is 0 Å². The van der Waals surface area contributed by atoms with Crippen LogP contribution in [0.15, 0.2) is 22.1 Å². The molecule has 0 fully saturated rings. The molecule has 1 amide bonds. The molecule has 2 aromatic rings. The molecular weight excluding hydrogens is 352 g/mol. The summed E-state index contributed by atoms with van der Waals surface area (Å²) in [6.07, 6.45) is 0.806. The topological polar surface area (TPSA) is 89.0 Å². The molecule has 2 rings (SSSR count). The molecule has 0 saturated heterocycles. The van der Waals surface area contributed by atoms with E-state index in [1.165, 1.54) is 23.4 Å². The normalized spacial score (nSPS) is 10.7. The zero-order valence-electron chi connectivity index (χ0n) is 13.7. The number of aromatic amines is 1. The molecule has 1 aromatic heterocycles. The number of hydrogen-bond acceptors (Lipinski definition) is 5. The van der Waals surface area contributed by atoms with Crippen molar-refractivity contribution in [3.05, 3.63) is 33.2 Å². The SMILES string of the molecule is CCCn1c(SCC(=O)Nc2cc(C)c(Cl)cc2OC)n[nH]c1=O. The lowest BCUT2D eigenvalue weighted by atomic mass is 10.2. The van der Waals surface area contributed by atoms with Crippen molar-refractivity contribution in [1.82, 2.24) is 14.8 Å². The third-order valence-electron chi connectivity index (χ3n) is 3.26. The van der Waals surface area contributed by atoms with E-state index in [1.54, 1.807) is 12.1 Å². The second kappa shape index (κ2) is 8.25. The number of methoxy groups -OCH3 is 1. The van der Waals surface area contributed by atoms with Crippen LogP contribution in [0.1, 0.15) is 18.9 Å². The van der Waals surface area contributed by atoms with E-state index in [0.29, 0.717) is 28.2 Å². The number of H-pyrrole nitrogens is 1. The second-order valence-electron chi connectivity index (χ2n) is 5.10. The quantitative estimate of drug-likeness (QED) is 0.731. The second-order valence-corrected chi connectivity index (χ2v) is 6.45. The Morgan fingerprint density at radius 2 is 2.25 bits per heavy atom. The van der Waals surface area contributed by atoms with Crippen LogP contribution in [0, 0.1) is 6.92 Å². The van der Waals surface area contributed by atoms with Gasteiger partial charge in [-0.3, -0.25) is 9.36 Å². The van der Waals surface area contributed by atoms with Crippen molar-refractivity contribution in [1.29, 1.82) is 0 Å². The van der Waals surface area contributed by atoms with Gasteiger partial charge in [0.15, 0.2) is 5.16 Å². The lowest BCUT2D eigenvalue weighted by Gasteiger charge is -2.12. The van der Waals surface area contributed by atoms with Crippen LogP contribution in [0.25, 0.3) is 0 Å². The predicted octanol–water partition coefficient (Wildman–Crippen LogP) is 2.68. The molecule has 0 radical (unpaired) electrons. The van der Waals surface area contributed by atoms with E-state index in [1.807, 2.05) is 13.8 Å². The fraction of sp³-hybridized carbons (Fsp3) is 0.400. The van der Waals surface area contributed by atoms with Crippen LogP contribution in [0.2, 0.25) is 5.02 Å². The van der Waals surface area contributed by atoms with Gasteiger partial charge in [-0.2, -0.15) is 0 Å². The molecule has 0 atom stereocenters. The minimum atomic E-state index is -0.269. The van der Waals surface area contributed by atoms with Crippen LogP contribution in [-0.4, -0.2) is 33.5 Å². The molecule has 1 heterocycles. The average molecular weight is 371 g/mol. The van der Waals surface area contributed by atoms with Gasteiger partial charge < -0.3 is 10.1 Å². The molecule has 0 saturated carbocycles. The lowest BCUT2D eigenvalue weighted by Crippen LogP contribution is -2.18.